The first-order chi connectivity index (χ1) is 18.8. The van der Waals surface area contributed by atoms with Crippen LogP contribution < -0.4 is 14.5 Å². The lowest BCUT2D eigenvalue weighted by Crippen LogP contribution is -2.39. The van der Waals surface area contributed by atoms with Crippen molar-refractivity contribution in [1.29, 1.82) is 0 Å². The van der Waals surface area contributed by atoms with Crippen LogP contribution in [0.1, 0.15) is 69.9 Å². The van der Waals surface area contributed by atoms with Crippen molar-refractivity contribution in [3.8, 4) is 5.75 Å². The van der Waals surface area contributed by atoms with E-state index in [1.54, 1.807) is 30.3 Å². The van der Waals surface area contributed by atoms with Crippen molar-refractivity contribution >= 4 is 27.8 Å². The predicted molar refractivity (Wildman–Crippen MR) is 158 cm³/mol. The molecular formula is C31H39N3O4S. The average Bonchev–Trinajstić information content (AvgIpc) is 2.95. The van der Waals surface area contributed by atoms with E-state index in [0.717, 1.165) is 28.3 Å². The topological polar surface area (TPSA) is 88.1 Å². The molecule has 39 heavy (non-hydrogen) atoms. The smallest absolute Gasteiger partial charge is 0.264 e. The highest BCUT2D eigenvalue weighted by Gasteiger charge is 2.27. The van der Waals surface area contributed by atoms with Crippen LogP contribution >= 0.6 is 0 Å². The Balaban J connectivity index is 1.70. The van der Waals surface area contributed by atoms with Gasteiger partial charge in [0, 0.05) is 5.56 Å². The Hall–Kier alpha value is -3.65. The first kappa shape index (κ1) is 29.9. The number of carbonyl (C=O) groups excluding carboxylic acids is 1. The van der Waals surface area contributed by atoms with Gasteiger partial charge in [0.2, 0.25) is 0 Å². The summed E-state index contributed by atoms with van der Waals surface area (Å²) in [5.41, 5.74) is 4.68. The van der Waals surface area contributed by atoms with Gasteiger partial charge in [-0.05, 0) is 54.3 Å². The number of hydrazone groups is 1. The van der Waals surface area contributed by atoms with Crippen molar-refractivity contribution in [2.75, 3.05) is 17.5 Å². The number of carbonyl (C=O) groups is 1. The molecule has 0 heterocycles. The molecule has 3 aromatic carbocycles. The zero-order chi connectivity index (χ0) is 28.1. The Kier molecular flexibility index (Phi) is 11.6. The third-order valence-corrected chi connectivity index (χ3v) is 8.07. The highest BCUT2D eigenvalue weighted by atomic mass is 32.2. The maximum absolute atomic E-state index is 13.5. The highest BCUT2D eigenvalue weighted by molar-refractivity contribution is 7.92. The monoisotopic (exact) mass is 549 g/mol. The molecule has 208 valence electrons. The molecule has 0 aliphatic heterocycles. The van der Waals surface area contributed by atoms with Crippen molar-refractivity contribution in [3.63, 3.8) is 0 Å². The summed E-state index contributed by atoms with van der Waals surface area (Å²) in [5, 5.41) is 4.08. The molecule has 3 aromatic rings. The van der Waals surface area contributed by atoms with E-state index in [9.17, 15) is 13.2 Å². The maximum Gasteiger partial charge on any atom is 0.264 e. The fourth-order valence-corrected chi connectivity index (χ4v) is 5.45. The van der Waals surface area contributed by atoms with Gasteiger partial charge in [-0.15, -0.1) is 0 Å². The zero-order valence-corrected chi connectivity index (χ0v) is 23.9. The standard InChI is InChI=1S/C31H39N3O4S/c1-4-5-6-7-13-22-38-30-17-12-11-14-27(30)23-32-33-31(35)24-34(28-20-18-26(19-21-28)25(2)3)39(36,37)29-15-9-8-10-16-29/h8-12,14-21,23,25H,4-7,13,22,24H2,1-3H3,(H,33,35)/b32-23+. The molecule has 0 bridgehead atoms. The molecule has 0 saturated heterocycles. The molecular weight excluding hydrogens is 510 g/mol. The molecule has 1 N–H and O–H groups in total. The summed E-state index contributed by atoms with van der Waals surface area (Å²) in [6.07, 6.45) is 7.25. The number of unbranched alkanes of at least 4 members (excludes halogenated alkanes) is 4. The van der Waals surface area contributed by atoms with Gasteiger partial charge >= 0.3 is 0 Å². The number of nitrogens with zero attached hydrogens (tertiary/aromatic N) is 2. The van der Waals surface area contributed by atoms with E-state index in [4.69, 9.17) is 4.74 Å². The maximum atomic E-state index is 13.5. The van der Waals surface area contributed by atoms with E-state index in [1.807, 2.05) is 36.4 Å². The Morgan fingerprint density at radius 2 is 1.59 bits per heavy atom. The van der Waals surface area contributed by atoms with Crippen LogP contribution in [0.15, 0.2) is 88.9 Å². The number of amides is 1. The molecule has 0 unspecified atom stereocenters. The van der Waals surface area contributed by atoms with E-state index in [1.165, 1.54) is 37.6 Å². The summed E-state index contributed by atoms with van der Waals surface area (Å²) in [6, 6.07) is 22.8. The minimum Gasteiger partial charge on any atom is -0.493 e. The van der Waals surface area contributed by atoms with Crippen molar-refractivity contribution < 1.29 is 17.9 Å². The second-order valence-corrected chi connectivity index (χ2v) is 11.5. The van der Waals surface area contributed by atoms with Crippen LogP contribution in [0.3, 0.4) is 0 Å². The van der Waals surface area contributed by atoms with Gasteiger partial charge < -0.3 is 4.74 Å². The van der Waals surface area contributed by atoms with Gasteiger partial charge in [-0.3, -0.25) is 9.10 Å². The molecule has 0 fully saturated rings. The van der Waals surface area contributed by atoms with E-state index < -0.39 is 22.5 Å². The number of nitrogens with one attached hydrogen (secondary N) is 1. The molecule has 3 rings (SSSR count). The molecule has 0 atom stereocenters. The second kappa shape index (κ2) is 15.1. The summed E-state index contributed by atoms with van der Waals surface area (Å²) in [7, 11) is -3.98. The molecule has 1 amide bonds. The summed E-state index contributed by atoms with van der Waals surface area (Å²) in [4.78, 5) is 13.0. The van der Waals surface area contributed by atoms with Crippen LogP contribution in [0.2, 0.25) is 0 Å². The van der Waals surface area contributed by atoms with Gasteiger partial charge in [-0.25, -0.2) is 13.8 Å². The molecule has 0 radical (unpaired) electrons. The number of ether oxygens (including phenoxy) is 1. The number of rotatable bonds is 15. The van der Waals surface area contributed by atoms with Crippen molar-refractivity contribution in [2.45, 2.75) is 63.7 Å². The largest absolute Gasteiger partial charge is 0.493 e. The minimum atomic E-state index is -3.98. The quantitative estimate of drug-likeness (QED) is 0.133. The number of benzene rings is 3. The van der Waals surface area contributed by atoms with Crippen molar-refractivity contribution in [3.05, 3.63) is 90.0 Å². The van der Waals surface area contributed by atoms with Crippen LogP contribution in [0, 0.1) is 0 Å². The summed E-state index contributed by atoms with van der Waals surface area (Å²) in [5.74, 6) is 0.418. The van der Waals surface area contributed by atoms with Gasteiger partial charge in [0.05, 0.1) is 23.4 Å². The van der Waals surface area contributed by atoms with E-state index in [2.05, 4.69) is 31.3 Å². The van der Waals surface area contributed by atoms with Gasteiger partial charge in [0.25, 0.3) is 15.9 Å². The first-order valence-electron chi connectivity index (χ1n) is 13.5. The molecule has 0 spiro atoms. The first-order valence-corrected chi connectivity index (χ1v) is 15.0. The normalized spacial score (nSPS) is 11.6. The Morgan fingerprint density at radius 3 is 2.28 bits per heavy atom. The number of sulfonamides is 1. The lowest BCUT2D eigenvalue weighted by atomic mass is 10.0. The molecule has 0 aliphatic carbocycles. The molecule has 7 nitrogen and oxygen atoms in total. The highest BCUT2D eigenvalue weighted by Crippen LogP contribution is 2.26. The third kappa shape index (κ3) is 8.96. The SMILES string of the molecule is CCCCCCCOc1ccccc1/C=N/NC(=O)CN(c1ccc(C(C)C)cc1)S(=O)(=O)c1ccccc1. The third-order valence-electron chi connectivity index (χ3n) is 6.28. The Morgan fingerprint density at radius 1 is 0.923 bits per heavy atom. The second-order valence-electron chi connectivity index (χ2n) is 9.66. The minimum absolute atomic E-state index is 0.106. The molecule has 0 aromatic heterocycles. The van der Waals surface area contributed by atoms with Crippen LogP contribution in [0.4, 0.5) is 5.69 Å². The predicted octanol–water partition coefficient (Wildman–Crippen LogP) is 6.50. The van der Waals surface area contributed by atoms with Gasteiger partial charge in [0.1, 0.15) is 12.3 Å². The fraction of sp³-hybridized carbons (Fsp3) is 0.355. The van der Waals surface area contributed by atoms with Gasteiger partial charge in [-0.1, -0.05) is 88.9 Å². The number of hydrogen-bond donors (Lipinski definition) is 1. The Labute approximate surface area is 233 Å². The molecule has 0 saturated carbocycles. The lowest BCUT2D eigenvalue weighted by molar-refractivity contribution is -0.119. The van der Waals surface area contributed by atoms with Gasteiger partial charge in [-0.2, -0.15) is 5.10 Å². The average molecular weight is 550 g/mol. The zero-order valence-electron chi connectivity index (χ0n) is 23.0. The molecule has 8 heteroatoms. The van der Waals surface area contributed by atoms with Crippen molar-refractivity contribution in [2.24, 2.45) is 5.10 Å². The number of anilines is 1. The lowest BCUT2D eigenvalue weighted by Gasteiger charge is -2.24. The molecule has 0 aliphatic rings. The van der Waals surface area contributed by atoms with E-state index in [-0.39, 0.29) is 4.90 Å². The van der Waals surface area contributed by atoms with Crippen LogP contribution in [-0.2, 0) is 14.8 Å². The Bertz CT molecular complexity index is 1310. The van der Waals surface area contributed by atoms with Crippen molar-refractivity contribution in [1.82, 2.24) is 5.43 Å². The number of hydrogen-bond acceptors (Lipinski definition) is 5. The number of para-hydroxylation sites is 1. The van der Waals surface area contributed by atoms with Crippen LogP contribution in [0.25, 0.3) is 0 Å². The fourth-order valence-electron chi connectivity index (χ4n) is 4.01. The van der Waals surface area contributed by atoms with Gasteiger partial charge in [0.15, 0.2) is 0 Å². The summed E-state index contributed by atoms with van der Waals surface area (Å²) < 4.78 is 34.0. The summed E-state index contributed by atoms with van der Waals surface area (Å²) >= 11 is 0. The summed E-state index contributed by atoms with van der Waals surface area (Å²) in [6.45, 7) is 6.51. The van der Waals surface area contributed by atoms with Crippen LogP contribution in [0.5, 0.6) is 5.75 Å². The van der Waals surface area contributed by atoms with E-state index >= 15 is 0 Å². The van der Waals surface area contributed by atoms with Crippen LogP contribution in [-0.4, -0.2) is 33.7 Å². The van der Waals surface area contributed by atoms with E-state index in [0.29, 0.717) is 24.0 Å².